The zero-order valence-corrected chi connectivity index (χ0v) is 7.00. The fourth-order valence-corrected chi connectivity index (χ4v) is 0.952. The van der Waals surface area contributed by atoms with E-state index < -0.39 is 5.97 Å². The number of nitrogens with zero attached hydrogens (tertiary/aromatic N) is 1. The van der Waals surface area contributed by atoms with E-state index in [4.69, 9.17) is 13.0 Å². The molecule has 0 atom stereocenters. The van der Waals surface area contributed by atoms with Gasteiger partial charge in [-0.1, -0.05) is 0 Å². The van der Waals surface area contributed by atoms with Crippen molar-refractivity contribution < 1.29 is 9.90 Å². The highest BCUT2D eigenvalue weighted by molar-refractivity contribution is 9.10. The molecule has 1 aromatic heterocycles. The van der Waals surface area contributed by atoms with Gasteiger partial charge in [0.25, 0.3) is 0 Å². The topological polar surface area (TPSA) is 50.2 Å². The van der Waals surface area contributed by atoms with Crippen molar-refractivity contribution in [2.75, 3.05) is 0 Å². The van der Waals surface area contributed by atoms with Gasteiger partial charge in [-0.05, 0) is 22.0 Å². The van der Waals surface area contributed by atoms with Crippen LogP contribution in [0.3, 0.4) is 0 Å². The van der Waals surface area contributed by atoms with Crippen molar-refractivity contribution in [2.24, 2.45) is 0 Å². The minimum atomic E-state index is -1.07. The summed E-state index contributed by atoms with van der Waals surface area (Å²) in [4.78, 5) is 14.1. The maximum atomic E-state index is 10.4. The molecule has 1 rings (SSSR count). The third-order valence-corrected chi connectivity index (χ3v) is 1.55. The van der Waals surface area contributed by atoms with Gasteiger partial charge in [-0.15, -0.1) is 0 Å². The van der Waals surface area contributed by atoms with Crippen LogP contribution in [-0.4, -0.2) is 23.9 Å². The molecule has 0 aliphatic carbocycles. The van der Waals surface area contributed by atoms with E-state index in [2.05, 4.69) is 20.9 Å². The maximum absolute atomic E-state index is 10.4. The van der Waals surface area contributed by atoms with Crippen LogP contribution >= 0.6 is 15.9 Å². The Morgan fingerprint density at radius 1 is 1.73 bits per heavy atom. The van der Waals surface area contributed by atoms with Crippen molar-refractivity contribution in [2.45, 2.75) is 0 Å². The minimum absolute atomic E-state index is 0.0133. The lowest BCUT2D eigenvalue weighted by atomic mass is 9.98. The molecule has 1 N–H and O–H groups in total. The predicted octanol–water partition coefficient (Wildman–Crippen LogP) is 0.336. The van der Waals surface area contributed by atoms with E-state index in [0.717, 1.165) is 0 Å². The first-order chi connectivity index (χ1) is 5.11. The fourth-order valence-electron chi connectivity index (χ4n) is 0.621. The van der Waals surface area contributed by atoms with Crippen LogP contribution in [0.15, 0.2) is 16.7 Å². The molecule has 1 heterocycles. The molecule has 0 aromatic carbocycles. The quantitative estimate of drug-likeness (QED) is 0.682. The summed E-state index contributed by atoms with van der Waals surface area (Å²) in [6.07, 6.45) is 1.45. The van der Waals surface area contributed by atoms with Crippen molar-refractivity contribution in [3.8, 4) is 0 Å². The lowest BCUT2D eigenvalue weighted by molar-refractivity contribution is 0.0698. The van der Waals surface area contributed by atoms with Crippen molar-refractivity contribution in [3.63, 3.8) is 0 Å². The maximum Gasteiger partial charge on any atom is 0.336 e. The number of hydrogen-bond acceptors (Lipinski definition) is 2. The fraction of sp³-hybridized carbons (Fsp3) is 0. The number of aromatic carboxylic acids is 1. The van der Waals surface area contributed by atoms with Gasteiger partial charge in [-0.25, -0.2) is 4.79 Å². The van der Waals surface area contributed by atoms with Crippen LogP contribution in [0, 0.1) is 0 Å². The molecule has 0 aliphatic heterocycles. The van der Waals surface area contributed by atoms with E-state index in [1.807, 2.05) is 0 Å². The van der Waals surface area contributed by atoms with Gasteiger partial charge in [0.05, 0.1) is 5.56 Å². The number of rotatable bonds is 1. The third kappa shape index (κ3) is 1.80. The van der Waals surface area contributed by atoms with Crippen molar-refractivity contribution >= 4 is 35.3 Å². The highest BCUT2D eigenvalue weighted by atomic mass is 79.9. The third-order valence-electron chi connectivity index (χ3n) is 1.12. The van der Waals surface area contributed by atoms with Gasteiger partial charge in [0, 0.05) is 16.3 Å². The molecule has 3 nitrogen and oxygen atoms in total. The number of pyridine rings is 1. The Morgan fingerprint density at radius 3 is 2.82 bits per heavy atom. The van der Waals surface area contributed by atoms with Crippen LogP contribution in [0.4, 0.5) is 0 Å². The molecule has 0 aliphatic rings. The van der Waals surface area contributed by atoms with E-state index in [0.29, 0.717) is 4.47 Å². The normalized spacial score (nSPS) is 9.55. The van der Waals surface area contributed by atoms with Crippen LogP contribution < -0.4 is 5.59 Å². The van der Waals surface area contributed by atoms with Gasteiger partial charge in [0.15, 0.2) is 0 Å². The van der Waals surface area contributed by atoms with Crippen LogP contribution in [0.5, 0.6) is 0 Å². The molecule has 0 saturated heterocycles. The van der Waals surface area contributed by atoms with Crippen molar-refractivity contribution in [1.29, 1.82) is 0 Å². The minimum Gasteiger partial charge on any atom is -0.478 e. The van der Waals surface area contributed by atoms with Gasteiger partial charge < -0.3 is 5.11 Å². The molecule has 5 heteroatoms. The smallest absolute Gasteiger partial charge is 0.336 e. The summed E-state index contributed by atoms with van der Waals surface area (Å²) >= 11 is 3.08. The Bertz CT molecular complexity index is 303. The average molecular weight is 212 g/mol. The second kappa shape index (κ2) is 3.05. The number of carbonyl (C=O) groups is 1. The van der Waals surface area contributed by atoms with Crippen LogP contribution in [0.2, 0.25) is 0 Å². The van der Waals surface area contributed by atoms with Crippen LogP contribution in [-0.2, 0) is 0 Å². The van der Waals surface area contributed by atoms with E-state index in [-0.39, 0.29) is 11.2 Å². The molecule has 1 aromatic rings. The summed E-state index contributed by atoms with van der Waals surface area (Å²) in [6.45, 7) is 0. The second-order valence-corrected chi connectivity index (χ2v) is 2.81. The van der Waals surface area contributed by atoms with Gasteiger partial charge in [0.2, 0.25) is 0 Å². The molecule has 0 spiro atoms. The zero-order chi connectivity index (χ0) is 8.43. The Hall–Kier alpha value is -0.835. The van der Waals surface area contributed by atoms with Gasteiger partial charge in [0.1, 0.15) is 7.85 Å². The summed E-state index contributed by atoms with van der Waals surface area (Å²) in [5.41, 5.74) is 0.0417. The summed E-state index contributed by atoms with van der Waals surface area (Å²) in [5.74, 6) is -1.07. The zero-order valence-electron chi connectivity index (χ0n) is 5.41. The molecule has 0 fully saturated rings. The van der Waals surface area contributed by atoms with E-state index in [1.165, 1.54) is 12.3 Å². The molecule has 54 valence electrons. The monoisotopic (exact) mass is 211 g/mol. The molecule has 2 radical (unpaired) electrons. The van der Waals surface area contributed by atoms with E-state index in [1.54, 1.807) is 0 Å². The Morgan fingerprint density at radius 2 is 2.36 bits per heavy atom. The Balaban J connectivity index is 3.23. The van der Waals surface area contributed by atoms with E-state index >= 15 is 0 Å². The molecular weight excluding hydrogens is 209 g/mol. The predicted molar refractivity (Wildman–Crippen MR) is 44.3 cm³/mol. The summed E-state index contributed by atoms with van der Waals surface area (Å²) in [7, 11) is 5.28. The number of hydrogen-bond donors (Lipinski definition) is 1. The first-order valence-corrected chi connectivity index (χ1v) is 3.55. The molecule has 0 saturated carbocycles. The van der Waals surface area contributed by atoms with Crippen LogP contribution in [0.25, 0.3) is 0 Å². The largest absolute Gasteiger partial charge is 0.478 e. The Labute approximate surface area is 73.0 Å². The lowest BCUT2D eigenvalue weighted by Crippen LogP contribution is -2.18. The molecule has 0 unspecified atom stereocenters. The number of carboxylic acids is 1. The number of halogens is 1. The molecular formula is C6H3BBrNO2. The molecule has 0 bridgehead atoms. The number of aromatic nitrogens is 1. The Kier molecular flexibility index (Phi) is 2.29. The average Bonchev–Trinajstić information content (AvgIpc) is 1.94. The van der Waals surface area contributed by atoms with Gasteiger partial charge in [-0.2, -0.15) is 0 Å². The van der Waals surface area contributed by atoms with Gasteiger partial charge in [-0.3, -0.25) is 4.98 Å². The lowest BCUT2D eigenvalue weighted by Gasteiger charge is -1.98. The first-order valence-electron chi connectivity index (χ1n) is 2.75. The highest BCUT2D eigenvalue weighted by Crippen LogP contribution is 2.07. The molecule has 11 heavy (non-hydrogen) atoms. The van der Waals surface area contributed by atoms with Crippen molar-refractivity contribution in [1.82, 2.24) is 4.98 Å². The standard InChI is InChI=1S/C6H3BBrNO2/c7-5-4(6(10)11)1-3(8)2-9-5/h1-2H,(H,10,11). The highest BCUT2D eigenvalue weighted by Gasteiger charge is 2.06. The summed E-state index contributed by atoms with van der Waals surface area (Å²) in [6, 6.07) is 1.41. The summed E-state index contributed by atoms with van der Waals surface area (Å²) < 4.78 is 0.601. The second-order valence-electron chi connectivity index (χ2n) is 1.89. The number of carboxylic acid groups (broad SMARTS) is 1. The van der Waals surface area contributed by atoms with Crippen molar-refractivity contribution in [3.05, 3.63) is 22.3 Å². The van der Waals surface area contributed by atoms with Crippen LogP contribution in [0.1, 0.15) is 10.4 Å². The first kappa shape index (κ1) is 8.26. The van der Waals surface area contributed by atoms with E-state index in [9.17, 15) is 4.79 Å². The van der Waals surface area contributed by atoms with Gasteiger partial charge >= 0.3 is 5.97 Å². The molecule has 0 amide bonds. The summed E-state index contributed by atoms with van der Waals surface area (Å²) in [5, 5.41) is 8.55. The SMILES string of the molecule is [B]c1ncc(Br)cc1C(=O)O.